The molecule has 6 heteroatoms. The molecule has 1 aromatic carbocycles. The van der Waals surface area contributed by atoms with Crippen molar-refractivity contribution in [3.05, 3.63) is 35.6 Å². The number of halogens is 1. The Morgan fingerprint density at radius 1 is 1.00 bits per heavy atom. The van der Waals surface area contributed by atoms with Gasteiger partial charge < -0.3 is 14.6 Å². The normalized spacial score (nSPS) is 12.3. The van der Waals surface area contributed by atoms with Gasteiger partial charge in [0, 0.05) is 28.6 Å². The third-order valence-electron chi connectivity index (χ3n) is 5.63. The molecule has 1 heterocycles. The molecule has 0 aliphatic carbocycles. The number of hydrogen-bond donors (Lipinski definition) is 1. The van der Waals surface area contributed by atoms with E-state index in [1.54, 1.807) is 6.92 Å². The van der Waals surface area contributed by atoms with E-state index in [0.29, 0.717) is 5.71 Å². The number of carbonyl (C=O) groups excluding carboxylic acids is 1. The van der Waals surface area contributed by atoms with Crippen molar-refractivity contribution in [3.63, 3.8) is 0 Å². The third kappa shape index (κ3) is 11.0. The number of nitrogens with one attached hydrogen (secondary N) is 1. The lowest BCUT2D eigenvalue weighted by atomic mass is 10.0. The Morgan fingerprint density at radius 3 is 2.29 bits per heavy atom. The topological polar surface area (TPSA) is 75.7 Å². The van der Waals surface area contributed by atoms with Crippen LogP contribution in [0.25, 0.3) is 11.0 Å². The van der Waals surface area contributed by atoms with E-state index >= 15 is 0 Å². The second-order valence-electron chi connectivity index (χ2n) is 10.0. The summed E-state index contributed by atoms with van der Waals surface area (Å²) in [6.45, 7) is 7.40. The van der Waals surface area contributed by atoms with E-state index in [0.717, 1.165) is 71.9 Å². The molecule has 1 N–H and O–H groups in total. The lowest BCUT2D eigenvalue weighted by molar-refractivity contribution is 0.0603. The van der Waals surface area contributed by atoms with Crippen molar-refractivity contribution < 1.29 is 13.9 Å². The number of rotatable bonds is 14. The summed E-state index contributed by atoms with van der Waals surface area (Å²) in [5.74, 6) is 0.962. The van der Waals surface area contributed by atoms with Crippen LogP contribution in [0.3, 0.4) is 0 Å². The van der Waals surface area contributed by atoms with Gasteiger partial charge in [0.05, 0.1) is 0 Å². The van der Waals surface area contributed by atoms with Gasteiger partial charge in [-0.05, 0) is 96.0 Å². The number of amides is 1. The minimum absolute atomic E-state index is 0.477. The van der Waals surface area contributed by atoms with Gasteiger partial charge in [-0.15, -0.1) is 0 Å². The van der Waals surface area contributed by atoms with E-state index < -0.39 is 11.7 Å². The highest BCUT2D eigenvalue weighted by Gasteiger charge is 2.16. The summed E-state index contributed by atoms with van der Waals surface area (Å²) in [5, 5.41) is 9.94. The average Bonchev–Trinajstić information content (AvgIpc) is 3.16. The van der Waals surface area contributed by atoms with E-state index in [-0.39, 0.29) is 0 Å². The van der Waals surface area contributed by atoms with Crippen LogP contribution < -0.4 is 0 Å². The lowest BCUT2D eigenvalue weighted by Crippen LogP contribution is -2.22. The Morgan fingerprint density at radius 2 is 1.65 bits per heavy atom. The molecule has 0 aliphatic rings. The minimum Gasteiger partial charge on any atom is -0.461 e. The number of fused-ring (bicyclic) bond motifs is 1. The van der Waals surface area contributed by atoms with Gasteiger partial charge >= 0.3 is 6.09 Å². The molecule has 0 aliphatic heterocycles. The number of furan rings is 1. The molecular formula is C28H41BrN2O3. The number of alkyl halides is 1. The van der Waals surface area contributed by atoms with Crippen LogP contribution in [0.4, 0.5) is 4.79 Å². The number of carbonyl (C=O) groups is 1. The van der Waals surface area contributed by atoms with Crippen molar-refractivity contribution in [3.8, 4) is 0 Å². The van der Waals surface area contributed by atoms with Crippen molar-refractivity contribution in [1.82, 2.24) is 0 Å². The molecule has 1 amide bonds. The molecule has 0 saturated heterocycles. The van der Waals surface area contributed by atoms with Crippen molar-refractivity contribution >= 4 is 44.4 Å². The maximum Gasteiger partial charge on any atom is 0.434 e. The summed E-state index contributed by atoms with van der Waals surface area (Å²) in [4.78, 5) is 16.6. The Balaban J connectivity index is 1.85. The van der Waals surface area contributed by atoms with Crippen LogP contribution in [0.5, 0.6) is 0 Å². The maximum atomic E-state index is 12.3. The fourth-order valence-electron chi connectivity index (χ4n) is 3.86. The van der Waals surface area contributed by atoms with Crippen molar-refractivity contribution in [1.29, 1.82) is 5.41 Å². The zero-order chi connectivity index (χ0) is 25.0. The molecule has 2 rings (SSSR count). The number of nitrogens with zero attached hydrogens (tertiary/aromatic N) is 1. The monoisotopic (exact) mass is 532 g/mol. The molecule has 0 radical (unpaired) electrons. The van der Waals surface area contributed by atoms with Crippen LogP contribution in [0.2, 0.25) is 0 Å². The summed E-state index contributed by atoms with van der Waals surface area (Å²) >= 11 is 3.48. The fourth-order valence-corrected chi connectivity index (χ4v) is 4.26. The van der Waals surface area contributed by atoms with Gasteiger partial charge in [-0.25, -0.2) is 4.79 Å². The molecule has 0 bridgehead atoms. The summed E-state index contributed by atoms with van der Waals surface area (Å²) in [5.41, 5.74) is 2.76. The van der Waals surface area contributed by atoms with E-state index in [1.807, 2.05) is 39.0 Å². The van der Waals surface area contributed by atoms with Gasteiger partial charge in [-0.2, -0.15) is 4.99 Å². The van der Waals surface area contributed by atoms with Crippen LogP contribution in [-0.2, 0) is 11.2 Å². The Bertz CT molecular complexity index is 956. The molecule has 0 fully saturated rings. The Hall–Kier alpha value is -1.95. The molecular weight excluding hydrogens is 492 g/mol. The second-order valence-corrected chi connectivity index (χ2v) is 10.8. The summed E-state index contributed by atoms with van der Waals surface area (Å²) < 4.78 is 11.4. The standard InChI is InChI=1S/C28H41BrN2O3/c1-21(30)22-16-17-26-23(19-22)20-25(33-26)15-11-10-14-24(31-27(32)34-28(2,3)4)13-9-7-5-6-8-12-18-29/h16-17,19-20,30H,5-15,18H2,1-4H3/b30-21?,31-24+. The molecule has 0 saturated carbocycles. The van der Waals surface area contributed by atoms with Gasteiger partial charge in [0.1, 0.15) is 16.9 Å². The van der Waals surface area contributed by atoms with Crippen LogP contribution in [-0.4, -0.2) is 28.4 Å². The number of ether oxygens (including phenoxy) is 1. The van der Waals surface area contributed by atoms with Crippen molar-refractivity contribution in [2.24, 2.45) is 4.99 Å². The number of hydrogen-bond acceptors (Lipinski definition) is 4. The number of aliphatic imine (C=N–C) groups is 1. The number of aryl methyl sites for hydroxylation is 1. The van der Waals surface area contributed by atoms with Gasteiger partial charge in [0.2, 0.25) is 0 Å². The maximum absolute atomic E-state index is 12.3. The van der Waals surface area contributed by atoms with Crippen LogP contribution in [0.15, 0.2) is 33.7 Å². The van der Waals surface area contributed by atoms with Gasteiger partial charge in [-0.1, -0.05) is 41.6 Å². The van der Waals surface area contributed by atoms with Gasteiger partial charge in [-0.3, -0.25) is 0 Å². The Kier molecular flexibility index (Phi) is 12.0. The number of benzene rings is 1. The van der Waals surface area contributed by atoms with Gasteiger partial charge in [0.15, 0.2) is 0 Å². The number of unbranched alkanes of at least 4 members (excludes halogenated alkanes) is 6. The zero-order valence-corrected chi connectivity index (χ0v) is 22.9. The first-order valence-corrected chi connectivity index (χ1v) is 13.7. The molecule has 0 atom stereocenters. The van der Waals surface area contributed by atoms with Crippen LogP contribution in [0.1, 0.15) is 103 Å². The molecule has 2 aromatic rings. The largest absolute Gasteiger partial charge is 0.461 e. The minimum atomic E-state index is -0.529. The molecule has 188 valence electrons. The smallest absolute Gasteiger partial charge is 0.434 e. The lowest BCUT2D eigenvalue weighted by Gasteiger charge is -2.18. The third-order valence-corrected chi connectivity index (χ3v) is 6.19. The molecule has 1 aromatic heterocycles. The highest BCUT2D eigenvalue weighted by atomic mass is 79.9. The predicted octanol–water partition coefficient (Wildman–Crippen LogP) is 9.04. The second kappa shape index (κ2) is 14.4. The first-order valence-electron chi connectivity index (χ1n) is 12.6. The van der Waals surface area contributed by atoms with E-state index in [4.69, 9.17) is 14.6 Å². The average molecular weight is 534 g/mol. The summed E-state index contributed by atoms with van der Waals surface area (Å²) in [6.07, 6.45) is 11.2. The molecule has 5 nitrogen and oxygen atoms in total. The summed E-state index contributed by atoms with van der Waals surface area (Å²) in [6, 6.07) is 7.96. The zero-order valence-electron chi connectivity index (χ0n) is 21.3. The molecule has 34 heavy (non-hydrogen) atoms. The van der Waals surface area contributed by atoms with E-state index in [9.17, 15) is 4.79 Å². The Labute approximate surface area is 213 Å². The van der Waals surface area contributed by atoms with Crippen molar-refractivity contribution in [2.45, 2.75) is 104 Å². The van der Waals surface area contributed by atoms with Gasteiger partial charge in [0.25, 0.3) is 0 Å². The fraction of sp³-hybridized carbons (Fsp3) is 0.607. The molecule has 0 spiro atoms. The van der Waals surface area contributed by atoms with E-state index in [1.165, 1.54) is 32.1 Å². The van der Waals surface area contributed by atoms with Crippen molar-refractivity contribution in [2.75, 3.05) is 5.33 Å². The van der Waals surface area contributed by atoms with Crippen LogP contribution in [0, 0.1) is 5.41 Å². The molecule has 0 unspecified atom stereocenters. The first-order chi connectivity index (χ1) is 16.2. The first kappa shape index (κ1) is 28.3. The quantitative estimate of drug-likeness (QED) is 0.150. The summed E-state index contributed by atoms with van der Waals surface area (Å²) in [7, 11) is 0. The van der Waals surface area contributed by atoms with Crippen LogP contribution >= 0.6 is 15.9 Å². The highest BCUT2D eigenvalue weighted by Crippen LogP contribution is 2.23. The SMILES string of the molecule is CC(=N)c1ccc2oc(CCCC/C(CCCCCCCCBr)=N/C(=O)OC(C)(C)C)cc2c1. The van der Waals surface area contributed by atoms with E-state index in [2.05, 4.69) is 27.0 Å². The predicted molar refractivity (Wildman–Crippen MR) is 146 cm³/mol. The highest BCUT2D eigenvalue weighted by molar-refractivity contribution is 9.09.